The zero-order valence-corrected chi connectivity index (χ0v) is 15.6. The van der Waals surface area contributed by atoms with Gasteiger partial charge in [0.15, 0.2) is 0 Å². The van der Waals surface area contributed by atoms with E-state index in [2.05, 4.69) is 5.32 Å². The molecule has 0 spiro atoms. The quantitative estimate of drug-likeness (QED) is 0.476. The number of hydrogen-bond donors (Lipinski definition) is 2. The SMILES string of the molecule is CC(C)(C)C(=O)N[C@@H](Cc1ccccc1)C(=O)N(N)Cc1ccccc1. The van der Waals surface area contributed by atoms with Gasteiger partial charge in [0.25, 0.3) is 5.91 Å². The smallest absolute Gasteiger partial charge is 0.259 e. The molecule has 26 heavy (non-hydrogen) atoms. The fourth-order valence-corrected chi connectivity index (χ4v) is 2.48. The van der Waals surface area contributed by atoms with E-state index >= 15 is 0 Å². The van der Waals surface area contributed by atoms with E-state index in [1.165, 1.54) is 5.01 Å². The van der Waals surface area contributed by atoms with E-state index in [4.69, 9.17) is 5.84 Å². The van der Waals surface area contributed by atoms with Gasteiger partial charge in [-0.05, 0) is 11.1 Å². The lowest BCUT2D eigenvalue weighted by atomic mass is 9.94. The lowest BCUT2D eigenvalue weighted by Gasteiger charge is -2.27. The molecule has 2 rings (SSSR count). The molecule has 0 aliphatic carbocycles. The van der Waals surface area contributed by atoms with Crippen LogP contribution in [-0.2, 0) is 22.6 Å². The third-order valence-corrected chi connectivity index (χ3v) is 4.05. The van der Waals surface area contributed by atoms with Crippen LogP contribution in [0.3, 0.4) is 0 Å². The number of nitrogens with zero attached hydrogens (tertiary/aromatic N) is 1. The fourth-order valence-electron chi connectivity index (χ4n) is 2.48. The Morgan fingerprint density at radius 2 is 1.46 bits per heavy atom. The molecule has 0 fully saturated rings. The van der Waals surface area contributed by atoms with Gasteiger partial charge >= 0.3 is 0 Å². The first-order chi connectivity index (χ1) is 12.3. The van der Waals surface area contributed by atoms with Crippen LogP contribution in [0.1, 0.15) is 31.9 Å². The summed E-state index contributed by atoms with van der Waals surface area (Å²) in [5, 5.41) is 4.03. The number of benzene rings is 2. The van der Waals surface area contributed by atoms with Crippen molar-refractivity contribution in [2.75, 3.05) is 0 Å². The summed E-state index contributed by atoms with van der Waals surface area (Å²) in [7, 11) is 0. The molecule has 2 aromatic carbocycles. The molecule has 5 heteroatoms. The van der Waals surface area contributed by atoms with E-state index < -0.39 is 11.5 Å². The average Bonchev–Trinajstić information content (AvgIpc) is 2.61. The average molecular weight is 353 g/mol. The van der Waals surface area contributed by atoms with Crippen LogP contribution in [0.5, 0.6) is 0 Å². The van der Waals surface area contributed by atoms with Gasteiger partial charge in [0.05, 0.1) is 6.54 Å². The molecule has 0 saturated carbocycles. The highest BCUT2D eigenvalue weighted by Crippen LogP contribution is 2.15. The first-order valence-corrected chi connectivity index (χ1v) is 8.72. The van der Waals surface area contributed by atoms with Crippen LogP contribution in [0, 0.1) is 5.41 Å². The number of nitrogens with two attached hydrogens (primary N) is 1. The largest absolute Gasteiger partial charge is 0.343 e. The highest BCUT2D eigenvalue weighted by Gasteiger charge is 2.29. The third kappa shape index (κ3) is 5.70. The fraction of sp³-hybridized carbons (Fsp3) is 0.333. The van der Waals surface area contributed by atoms with Crippen molar-refractivity contribution in [3.05, 3.63) is 71.8 Å². The second-order valence-corrected chi connectivity index (χ2v) is 7.42. The van der Waals surface area contributed by atoms with Crippen molar-refractivity contribution in [2.45, 2.75) is 39.8 Å². The lowest BCUT2D eigenvalue weighted by molar-refractivity contribution is -0.139. The summed E-state index contributed by atoms with van der Waals surface area (Å²) in [6.07, 6.45) is 0.393. The van der Waals surface area contributed by atoms with Crippen LogP contribution >= 0.6 is 0 Å². The van der Waals surface area contributed by atoms with E-state index in [-0.39, 0.29) is 18.4 Å². The molecule has 2 aromatic rings. The maximum Gasteiger partial charge on any atom is 0.259 e. The van der Waals surface area contributed by atoms with Crippen molar-refractivity contribution < 1.29 is 9.59 Å². The van der Waals surface area contributed by atoms with Gasteiger partial charge in [0, 0.05) is 11.8 Å². The van der Waals surface area contributed by atoms with Gasteiger partial charge in [-0.3, -0.25) is 14.6 Å². The van der Waals surface area contributed by atoms with E-state index in [1.54, 1.807) is 0 Å². The second-order valence-electron chi connectivity index (χ2n) is 7.42. The summed E-state index contributed by atoms with van der Waals surface area (Å²) in [5.74, 6) is 5.53. The first kappa shape index (κ1) is 19.7. The van der Waals surface area contributed by atoms with E-state index in [0.717, 1.165) is 11.1 Å². The van der Waals surface area contributed by atoms with Gasteiger partial charge in [-0.2, -0.15) is 0 Å². The minimum Gasteiger partial charge on any atom is -0.343 e. The van der Waals surface area contributed by atoms with Crippen LogP contribution in [0.25, 0.3) is 0 Å². The Morgan fingerprint density at radius 3 is 1.96 bits per heavy atom. The summed E-state index contributed by atoms with van der Waals surface area (Å²) >= 11 is 0. The summed E-state index contributed by atoms with van der Waals surface area (Å²) in [6, 6.07) is 18.4. The van der Waals surface area contributed by atoms with Crippen molar-refractivity contribution in [3.63, 3.8) is 0 Å². The molecule has 0 saturated heterocycles. The highest BCUT2D eigenvalue weighted by atomic mass is 16.2. The Morgan fingerprint density at radius 1 is 0.962 bits per heavy atom. The minimum absolute atomic E-state index is 0.181. The molecule has 0 aliphatic rings. The summed E-state index contributed by atoms with van der Waals surface area (Å²) < 4.78 is 0. The van der Waals surface area contributed by atoms with E-state index in [0.29, 0.717) is 6.42 Å². The van der Waals surface area contributed by atoms with Gasteiger partial charge in [-0.25, -0.2) is 5.84 Å². The van der Waals surface area contributed by atoms with Crippen molar-refractivity contribution in [3.8, 4) is 0 Å². The molecule has 0 aromatic heterocycles. The molecule has 5 nitrogen and oxygen atoms in total. The standard InChI is InChI=1S/C21H27N3O2/c1-21(2,3)20(26)23-18(14-16-10-6-4-7-11-16)19(25)24(22)15-17-12-8-5-9-13-17/h4-13,18H,14-15,22H2,1-3H3,(H,23,26)/t18-/m0/s1. The normalized spacial score (nSPS) is 12.3. The molecular weight excluding hydrogens is 326 g/mol. The second kappa shape index (κ2) is 8.63. The van der Waals surface area contributed by atoms with Crippen LogP contribution in [0.2, 0.25) is 0 Å². The molecular formula is C21H27N3O2. The van der Waals surface area contributed by atoms with Crippen LogP contribution < -0.4 is 11.2 Å². The number of hydrazine groups is 1. The monoisotopic (exact) mass is 353 g/mol. The number of amides is 2. The zero-order chi connectivity index (χ0) is 19.2. The molecule has 0 unspecified atom stereocenters. The predicted molar refractivity (Wildman–Crippen MR) is 103 cm³/mol. The zero-order valence-electron chi connectivity index (χ0n) is 15.6. The predicted octanol–water partition coefficient (Wildman–Crippen LogP) is 2.66. The van der Waals surface area contributed by atoms with Gasteiger partial charge in [0.2, 0.25) is 5.91 Å². The number of hydrogen-bond acceptors (Lipinski definition) is 3. The first-order valence-electron chi connectivity index (χ1n) is 8.72. The summed E-state index contributed by atoms with van der Waals surface area (Å²) in [6.45, 7) is 5.74. The third-order valence-electron chi connectivity index (χ3n) is 4.05. The molecule has 1 atom stereocenters. The lowest BCUT2D eigenvalue weighted by Crippen LogP contribution is -2.53. The van der Waals surface area contributed by atoms with Gasteiger partial charge < -0.3 is 5.32 Å². The molecule has 0 heterocycles. The van der Waals surface area contributed by atoms with E-state index in [9.17, 15) is 9.59 Å². The molecule has 0 radical (unpaired) electrons. The Hall–Kier alpha value is -2.66. The number of rotatable bonds is 6. The molecule has 3 N–H and O–H groups in total. The van der Waals surface area contributed by atoms with Crippen molar-refractivity contribution in [1.82, 2.24) is 10.3 Å². The Kier molecular flexibility index (Phi) is 6.52. The molecule has 0 bridgehead atoms. The Balaban J connectivity index is 2.15. The topological polar surface area (TPSA) is 75.4 Å². The van der Waals surface area contributed by atoms with Crippen molar-refractivity contribution in [2.24, 2.45) is 11.3 Å². The molecule has 138 valence electrons. The summed E-state index contributed by atoms with van der Waals surface area (Å²) in [5.41, 5.74) is 1.31. The maximum atomic E-state index is 12.9. The highest BCUT2D eigenvalue weighted by molar-refractivity contribution is 5.89. The van der Waals surface area contributed by atoms with E-state index in [1.807, 2.05) is 81.4 Å². The van der Waals surface area contributed by atoms with Crippen LogP contribution in [0.15, 0.2) is 60.7 Å². The molecule has 0 aliphatic heterocycles. The van der Waals surface area contributed by atoms with Crippen molar-refractivity contribution >= 4 is 11.8 Å². The van der Waals surface area contributed by atoms with Crippen LogP contribution in [0.4, 0.5) is 0 Å². The van der Waals surface area contributed by atoms with Gasteiger partial charge in [0.1, 0.15) is 6.04 Å². The minimum atomic E-state index is -0.710. The molecule has 2 amide bonds. The van der Waals surface area contributed by atoms with Crippen LogP contribution in [-0.4, -0.2) is 22.9 Å². The number of carbonyl (C=O) groups is 2. The maximum absolute atomic E-state index is 12.9. The number of carbonyl (C=O) groups excluding carboxylic acids is 2. The summed E-state index contributed by atoms with van der Waals surface area (Å²) in [4.78, 5) is 25.3. The van der Waals surface area contributed by atoms with Gasteiger partial charge in [-0.15, -0.1) is 0 Å². The van der Waals surface area contributed by atoms with Gasteiger partial charge in [-0.1, -0.05) is 81.4 Å². The van der Waals surface area contributed by atoms with Crippen molar-refractivity contribution in [1.29, 1.82) is 0 Å². The Labute approximate surface area is 155 Å². The number of nitrogens with one attached hydrogen (secondary N) is 1. The Bertz CT molecular complexity index is 724.